The van der Waals surface area contributed by atoms with E-state index in [4.69, 9.17) is 21.7 Å². The molecule has 38 heavy (non-hydrogen) atoms. The molecule has 2 aromatic rings. The number of nitro benzene ring substituents is 1. The first-order valence-electron chi connectivity index (χ1n) is 12.8. The van der Waals surface area contributed by atoms with Crippen LogP contribution < -0.4 is 10.1 Å². The average molecular weight is 552 g/mol. The Hall–Kier alpha value is -2.92. The molecule has 1 saturated carbocycles. The summed E-state index contributed by atoms with van der Waals surface area (Å²) in [5.41, 5.74) is -0.639. The van der Waals surface area contributed by atoms with Crippen LogP contribution in [0.15, 0.2) is 42.5 Å². The van der Waals surface area contributed by atoms with Crippen LogP contribution in [0.3, 0.4) is 0 Å². The fourth-order valence-electron chi connectivity index (χ4n) is 5.24. The number of alkyl halides is 3. The van der Waals surface area contributed by atoms with Gasteiger partial charge in [0.1, 0.15) is 16.3 Å². The summed E-state index contributed by atoms with van der Waals surface area (Å²) in [6, 6.07) is 11.3. The monoisotopic (exact) mass is 551 g/mol. The smallest absolute Gasteiger partial charge is 0.423 e. The number of rotatable bonds is 8. The maximum Gasteiger partial charge on any atom is 0.423 e. The van der Waals surface area contributed by atoms with Crippen molar-refractivity contribution in [1.29, 1.82) is 0 Å². The fourth-order valence-corrected chi connectivity index (χ4v) is 5.49. The van der Waals surface area contributed by atoms with Crippen molar-refractivity contribution in [1.82, 2.24) is 4.90 Å². The molecule has 11 heteroatoms. The lowest BCUT2D eigenvalue weighted by molar-refractivity contribution is -0.388. The van der Waals surface area contributed by atoms with E-state index in [1.54, 1.807) is 7.11 Å². The number of anilines is 1. The summed E-state index contributed by atoms with van der Waals surface area (Å²) < 4.78 is 51.1. The lowest BCUT2D eigenvalue weighted by Crippen LogP contribution is -2.40. The van der Waals surface area contributed by atoms with Crippen molar-refractivity contribution in [2.75, 3.05) is 32.1 Å². The predicted octanol–water partition coefficient (Wildman–Crippen LogP) is 6.57. The van der Waals surface area contributed by atoms with Gasteiger partial charge in [-0.1, -0.05) is 24.4 Å². The first-order valence-corrected chi connectivity index (χ1v) is 13.2. The molecule has 1 heterocycles. The number of nitro groups is 1. The van der Waals surface area contributed by atoms with E-state index < -0.39 is 22.4 Å². The van der Waals surface area contributed by atoms with E-state index in [9.17, 15) is 23.3 Å². The zero-order valence-corrected chi connectivity index (χ0v) is 22.0. The quantitative estimate of drug-likeness (QED) is 0.226. The summed E-state index contributed by atoms with van der Waals surface area (Å²) >= 11 is 5.64. The van der Waals surface area contributed by atoms with Crippen LogP contribution in [0, 0.1) is 10.1 Å². The van der Waals surface area contributed by atoms with Gasteiger partial charge in [0.15, 0.2) is 0 Å². The molecule has 0 bridgehead atoms. The van der Waals surface area contributed by atoms with Gasteiger partial charge in [0.05, 0.1) is 24.7 Å². The predicted molar refractivity (Wildman–Crippen MR) is 143 cm³/mol. The Morgan fingerprint density at radius 3 is 2.32 bits per heavy atom. The summed E-state index contributed by atoms with van der Waals surface area (Å²) in [5, 5.41) is 14.1. The molecule has 206 valence electrons. The minimum absolute atomic E-state index is 0.0266. The van der Waals surface area contributed by atoms with Crippen LogP contribution in [0.5, 0.6) is 5.75 Å². The van der Waals surface area contributed by atoms with Gasteiger partial charge in [0.25, 0.3) is 5.69 Å². The third-order valence-corrected chi connectivity index (χ3v) is 7.80. The first-order chi connectivity index (χ1) is 18.1. The highest BCUT2D eigenvalue weighted by Crippen LogP contribution is 2.38. The van der Waals surface area contributed by atoms with Gasteiger partial charge < -0.3 is 19.7 Å². The lowest BCUT2D eigenvalue weighted by Gasteiger charge is -2.35. The normalized spacial score (nSPS) is 20.7. The number of piperidine rings is 1. The molecule has 1 saturated heterocycles. The van der Waals surface area contributed by atoms with Gasteiger partial charge in [0, 0.05) is 30.9 Å². The Balaban J connectivity index is 1.19. The van der Waals surface area contributed by atoms with Crippen LogP contribution >= 0.6 is 12.2 Å². The van der Waals surface area contributed by atoms with E-state index in [1.807, 2.05) is 12.1 Å². The van der Waals surface area contributed by atoms with Gasteiger partial charge in [-0.2, -0.15) is 13.2 Å². The number of benzene rings is 2. The topological polar surface area (TPSA) is 76.9 Å². The lowest BCUT2D eigenvalue weighted by atomic mass is 9.89. The second kappa shape index (κ2) is 12.3. The molecular formula is C27H32F3N3O4S. The number of halogens is 3. The van der Waals surface area contributed by atoms with Gasteiger partial charge in [-0.15, -0.1) is 0 Å². The van der Waals surface area contributed by atoms with Crippen molar-refractivity contribution in [3.63, 3.8) is 0 Å². The molecule has 0 spiro atoms. The Kier molecular flexibility index (Phi) is 9.09. The number of hydrogen-bond donors (Lipinski definition) is 1. The van der Waals surface area contributed by atoms with Crippen LogP contribution in [0.4, 0.5) is 24.5 Å². The Morgan fingerprint density at radius 1 is 1.08 bits per heavy atom. The summed E-state index contributed by atoms with van der Waals surface area (Å²) in [7, 11) is 1.66. The molecule has 1 N–H and O–H groups in total. The van der Waals surface area contributed by atoms with Crippen molar-refractivity contribution < 1.29 is 27.6 Å². The molecule has 2 aromatic carbocycles. The average Bonchev–Trinajstić information content (AvgIpc) is 2.92. The van der Waals surface area contributed by atoms with Crippen LogP contribution in [-0.4, -0.2) is 53.8 Å². The zero-order valence-electron chi connectivity index (χ0n) is 21.2. The van der Waals surface area contributed by atoms with Gasteiger partial charge in [-0.25, -0.2) is 0 Å². The molecule has 0 atom stereocenters. The van der Waals surface area contributed by atoms with E-state index in [1.165, 1.54) is 11.6 Å². The SMILES string of the molecule is COc1ccc(C2CCN(C(=S)CO[C@H]3CC[C@H](Nc4ccc([N+](=O)[O-])c(C(F)(F)F)c4)CC3)CC2)cc1. The van der Waals surface area contributed by atoms with Crippen LogP contribution in [0.2, 0.25) is 0 Å². The van der Waals surface area contributed by atoms with E-state index in [0.717, 1.165) is 74.5 Å². The van der Waals surface area contributed by atoms with Gasteiger partial charge >= 0.3 is 6.18 Å². The second-order valence-electron chi connectivity index (χ2n) is 9.84. The third kappa shape index (κ3) is 7.13. The van der Waals surface area contributed by atoms with Crippen molar-refractivity contribution in [2.24, 2.45) is 0 Å². The fraction of sp³-hybridized carbons (Fsp3) is 0.519. The molecule has 2 fully saturated rings. The highest BCUT2D eigenvalue weighted by molar-refractivity contribution is 7.80. The summed E-state index contributed by atoms with van der Waals surface area (Å²) in [6.07, 6.45) is 0.286. The summed E-state index contributed by atoms with van der Waals surface area (Å²) in [6.45, 7) is 2.18. The molecular weight excluding hydrogens is 519 g/mol. The largest absolute Gasteiger partial charge is 0.497 e. The molecule has 2 aliphatic rings. The second-order valence-corrected chi connectivity index (χ2v) is 10.3. The van der Waals surface area contributed by atoms with E-state index in [0.29, 0.717) is 12.5 Å². The molecule has 0 aromatic heterocycles. The van der Waals surface area contributed by atoms with Crippen molar-refractivity contribution in [3.05, 3.63) is 63.7 Å². The molecule has 0 unspecified atom stereocenters. The number of nitrogens with zero attached hydrogens (tertiary/aromatic N) is 2. The maximum atomic E-state index is 13.3. The number of nitrogens with one attached hydrogen (secondary N) is 1. The van der Waals surface area contributed by atoms with Crippen LogP contribution in [-0.2, 0) is 10.9 Å². The van der Waals surface area contributed by atoms with Crippen molar-refractivity contribution >= 4 is 28.6 Å². The Morgan fingerprint density at radius 2 is 1.74 bits per heavy atom. The van der Waals surface area contributed by atoms with Crippen LogP contribution in [0.25, 0.3) is 0 Å². The van der Waals surface area contributed by atoms with Gasteiger partial charge in [-0.05, 0) is 74.3 Å². The summed E-state index contributed by atoms with van der Waals surface area (Å²) in [5.74, 6) is 1.36. The third-order valence-electron chi connectivity index (χ3n) is 7.42. The minimum atomic E-state index is -4.80. The van der Waals surface area contributed by atoms with E-state index in [-0.39, 0.29) is 17.8 Å². The summed E-state index contributed by atoms with van der Waals surface area (Å²) in [4.78, 5) is 13.0. The molecule has 1 aliphatic carbocycles. The molecule has 7 nitrogen and oxygen atoms in total. The highest BCUT2D eigenvalue weighted by Gasteiger charge is 2.38. The number of ether oxygens (including phenoxy) is 2. The number of methoxy groups -OCH3 is 1. The van der Waals surface area contributed by atoms with Gasteiger partial charge in [0.2, 0.25) is 0 Å². The van der Waals surface area contributed by atoms with Gasteiger partial charge in [-0.3, -0.25) is 10.1 Å². The Labute approximate surface area is 225 Å². The zero-order chi connectivity index (χ0) is 27.3. The standard InChI is InChI=1S/C27H32F3N3O4S/c1-36-22-7-2-18(3-8-22)19-12-14-32(15-13-19)26(38)17-37-23-9-4-20(5-10-23)31-21-6-11-25(33(34)35)24(16-21)27(28,29)30/h2-3,6-8,11,16,19-20,23,31H,4-5,9-10,12-15,17H2,1H3/t20-,23-. The minimum Gasteiger partial charge on any atom is -0.497 e. The first kappa shape index (κ1) is 28.1. The molecule has 0 radical (unpaired) electrons. The van der Waals surface area contributed by atoms with Crippen molar-refractivity contribution in [2.45, 2.75) is 62.8 Å². The number of likely N-dealkylation sites (tertiary alicyclic amines) is 1. The van der Waals surface area contributed by atoms with E-state index in [2.05, 4.69) is 22.3 Å². The molecule has 1 aliphatic heterocycles. The molecule has 4 rings (SSSR count). The van der Waals surface area contributed by atoms with E-state index >= 15 is 0 Å². The maximum absolute atomic E-state index is 13.3. The number of hydrogen-bond acceptors (Lipinski definition) is 6. The Bertz CT molecular complexity index is 1110. The number of thiocarbonyl (C=S) groups is 1. The molecule has 0 amide bonds. The van der Waals surface area contributed by atoms with Crippen molar-refractivity contribution in [3.8, 4) is 5.75 Å². The highest BCUT2D eigenvalue weighted by atomic mass is 32.1. The van der Waals surface area contributed by atoms with Crippen LogP contribution in [0.1, 0.15) is 55.6 Å².